The fourth-order valence-electron chi connectivity index (χ4n) is 1.79. The van der Waals surface area contributed by atoms with Gasteiger partial charge in [-0.2, -0.15) is 4.98 Å². The standard InChI is InChI=1S/C14H14Cl2N4O2S/c1-4-9-5-6-12(20(2)23(3,21)22)11(7-9)18-13-10(15)8-17-14(16)19-13/h4-8H,1H2,2-3H3,(H,17,18,19). The summed E-state index contributed by atoms with van der Waals surface area (Å²) in [6.45, 7) is 3.70. The topological polar surface area (TPSA) is 75.2 Å². The lowest BCUT2D eigenvalue weighted by atomic mass is 10.1. The molecular formula is C14H14Cl2N4O2S. The second kappa shape index (κ2) is 6.74. The van der Waals surface area contributed by atoms with Crippen LogP contribution in [-0.2, 0) is 10.0 Å². The SMILES string of the molecule is C=Cc1ccc(N(C)S(C)(=O)=O)c(Nc2nc(Cl)ncc2Cl)c1. The molecular weight excluding hydrogens is 359 g/mol. The van der Waals surface area contributed by atoms with Gasteiger partial charge in [0, 0.05) is 7.05 Å². The summed E-state index contributed by atoms with van der Waals surface area (Å²) in [6.07, 6.45) is 4.12. The maximum absolute atomic E-state index is 11.8. The normalized spacial score (nSPS) is 11.1. The van der Waals surface area contributed by atoms with Crippen molar-refractivity contribution >= 4 is 56.5 Å². The highest BCUT2D eigenvalue weighted by molar-refractivity contribution is 7.92. The Kier molecular flexibility index (Phi) is 5.13. The van der Waals surface area contributed by atoms with Crippen molar-refractivity contribution < 1.29 is 8.42 Å². The summed E-state index contributed by atoms with van der Waals surface area (Å²) < 4.78 is 24.8. The molecule has 0 fully saturated rings. The zero-order chi connectivity index (χ0) is 17.2. The first-order valence-corrected chi connectivity index (χ1v) is 8.98. The van der Waals surface area contributed by atoms with E-state index in [4.69, 9.17) is 23.2 Å². The van der Waals surface area contributed by atoms with Gasteiger partial charge >= 0.3 is 0 Å². The van der Waals surface area contributed by atoms with Gasteiger partial charge in [-0.25, -0.2) is 13.4 Å². The second-order valence-corrected chi connectivity index (χ2v) is 7.43. The fourth-order valence-corrected chi connectivity index (χ4v) is 2.58. The van der Waals surface area contributed by atoms with Crippen molar-refractivity contribution in [3.63, 3.8) is 0 Å². The van der Waals surface area contributed by atoms with Crippen LogP contribution < -0.4 is 9.62 Å². The Morgan fingerprint density at radius 2 is 2.04 bits per heavy atom. The van der Waals surface area contributed by atoms with Crippen LogP contribution in [0.4, 0.5) is 17.2 Å². The number of nitrogens with zero attached hydrogens (tertiary/aromatic N) is 3. The lowest BCUT2D eigenvalue weighted by molar-refractivity contribution is 0.600. The Morgan fingerprint density at radius 3 is 2.65 bits per heavy atom. The molecule has 122 valence electrons. The predicted octanol–water partition coefficient (Wildman–Crippen LogP) is 3.57. The van der Waals surface area contributed by atoms with Crippen LogP contribution >= 0.6 is 23.2 Å². The summed E-state index contributed by atoms with van der Waals surface area (Å²) in [5.74, 6) is 0.274. The average molecular weight is 373 g/mol. The maximum Gasteiger partial charge on any atom is 0.232 e. The minimum absolute atomic E-state index is 0.0230. The van der Waals surface area contributed by atoms with Crippen LogP contribution in [0.25, 0.3) is 6.08 Å². The van der Waals surface area contributed by atoms with Gasteiger partial charge in [0.25, 0.3) is 0 Å². The minimum Gasteiger partial charge on any atom is -0.337 e. The van der Waals surface area contributed by atoms with Crippen LogP contribution in [0.5, 0.6) is 0 Å². The van der Waals surface area contributed by atoms with E-state index in [9.17, 15) is 8.42 Å². The van der Waals surface area contributed by atoms with E-state index in [2.05, 4.69) is 21.9 Å². The van der Waals surface area contributed by atoms with Gasteiger partial charge in [-0.15, -0.1) is 0 Å². The lowest BCUT2D eigenvalue weighted by Gasteiger charge is -2.21. The number of hydrogen-bond donors (Lipinski definition) is 1. The Balaban J connectivity index is 2.55. The van der Waals surface area contributed by atoms with E-state index in [-0.39, 0.29) is 16.1 Å². The number of aromatic nitrogens is 2. The molecule has 0 radical (unpaired) electrons. The number of benzene rings is 1. The number of rotatable bonds is 5. The van der Waals surface area contributed by atoms with Gasteiger partial charge in [-0.3, -0.25) is 4.31 Å². The highest BCUT2D eigenvalue weighted by Gasteiger charge is 2.17. The van der Waals surface area contributed by atoms with Crippen molar-refractivity contribution in [1.29, 1.82) is 0 Å². The molecule has 1 N–H and O–H groups in total. The van der Waals surface area contributed by atoms with Crippen LogP contribution in [0.15, 0.2) is 31.0 Å². The smallest absolute Gasteiger partial charge is 0.232 e. The van der Waals surface area contributed by atoms with Gasteiger partial charge < -0.3 is 5.32 Å². The van der Waals surface area contributed by atoms with Gasteiger partial charge in [0.15, 0.2) is 5.82 Å². The molecule has 0 bridgehead atoms. The third-order valence-corrected chi connectivity index (χ3v) is 4.71. The molecule has 0 aliphatic heterocycles. The van der Waals surface area contributed by atoms with Crippen molar-refractivity contribution in [2.45, 2.75) is 0 Å². The highest BCUT2D eigenvalue weighted by Crippen LogP contribution is 2.32. The van der Waals surface area contributed by atoms with Crippen LogP contribution in [-0.4, -0.2) is 31.7 Å². The fraction of sp³-hybridized carbons (Fsp3) is 0.143. The number of anilines is 3. The minimum atomic E-state index is -3.43. The summed E-state index contributed by atoms with van der Waals surface area (Å²) in [6, 6.07) is 5.15. The molecule has 6 nitrogen and oxygen atoms in total. The summed E-state index contributed by atoms with van der Waals surface area (Å²) in [5, 5.41) is 3.27. The molecule has 0 aliphatic rings. The van der Waals surface area contributed by atoms with Crippen molar-refractivity contribution in [3.8, 4) is 0 Å². The number of sulfonamides is 1. The molecule has 23 heavy (non-hydrogen) atoms. The largest absolute Gasteiger partial charge is 0.337 e. The molecule has 0 saturated carbocycles. The molecule has 1 heterocycles. The first-order valence-electron chi connectivity index (χ1n) is 6.38. The van der Waals surface area contributed by atoms with Crippen LogP contribution in [0, 0.1) is 0 Å². The van der Waals surface area contributed by atoms with Crippen LogP contribution in [0.2, 0.25) is 10.3 Å². The molecule has 9 heteroatoms. The van der Waals surface area contributed by atoms with E-state index in [0.717, 1.165) is 16.1 Å². The zero-order valence-electron chi connectivity index (χ0n) is 12.4. The predicted molar refractivity (Wildman–Crippen MR) is 95.1 cm³/mol. The summed E-state index contributed by atoms with van der Waals surface area (Å²) >= 11 is 11.8. The molecule has 2 aromatic rings. The lowest BCUT2D eigenvalue weighted by Crippen LogP contribution is -2.25. The third kappa shape index (κ3) is 4.13. The highest BCUT2D eigenvalue weighted by atomic mass is 35.5. The van der Waals surface area contributed by atoms with Crippen LogP contribution in [0.1, 0.15) is 5.56 Å². The Bertz CT molecular complexity index is 856. The maximum atomic E-state index is 11.8. The van der Waals surface area contributed by atoms with E-state index >= 15 is 0 Å². The van der Waals surface area contributed by atoms with Gasteiger partial charge in [-0.05, 0) is 29.3 Å². The van der Waals surface area contributed by atoms with Crippen LogP contribution in [0.3, 0.4) is 0 Å². The first-order chi connectivity index (χ1) is 10.7. The van der Waals surface area contributed by atoms with Gasteiger partial charge in [0.1, 0.15) is 5.02 Å². The number of nitrogens with one attached hydrogen (secondary N) is 1. The van der Waals surface area contributed by atoms with Crippen molar-refractivity contribution in [2.75, 3.05) is 22.9 Å². The summed E-state index contributed by atoms with van der Waals surface area (Å²) in [7, 11) is -1.98. The first kappa shape index (κ1) is 17.5. The zero-order valence-corrected chi connectivity index (χ0v) is 14.7. The Morgan fingerprint density at radius 1 is 1.35 bits per heavy atom. The second-order valence-electron chi connectivity index (χ2n) is 4.67. The van der Waals surface area contributed by atoms with E-state index in [1.54, 1.807) is 24.3 Å². The van der Waals surface area contributed by atoms with Gasteiger partial charge in [0.2, 0.25) is 15.3 Å². The molecule has 0 saturated heterocycles. The molecule has 0 atom stereocenters. The summed E-state index contributed by atoms with van der Waals surface area (Å²) in [4.78, 5) is 7.78. The molecule has 1 aromatic heterocycles. The average Bonchev–Trinajstić information content (AvgIpc) is 2.49. The van der Waals surface area contributed by atoms with Gasteiger partial charge in [-0.1, -0.05) is 30.3 Å². The van der Waals surface area contributed by atoms with E-state index < -0.39 is 10.0 Å². The third-order valence-electron chi connectivity index (χ3n) is 3.06. The van der Waals surface area contributed by atoms with Gasteiger partial charge in [0.05, 0.1) is 23.8 Å². The Labute approximate surface area is 144 Å². The van der Waals surface area contributed by atoms with Crippen molar-refractivity contribution in [2.24, 2.45) is 0 Å². The molecule has 0 amide bonds. The van der Waals surface area contributed by atoms with E-state index in [1.807, 2.05) is 0 Å². The summed E-state index contributed by atoms with van der Waals surface area (Å²) in [5.41, 5.74) is 1.73. The monoisotopic (exact) mass is 372 g/mol. The number of hydrogen-bond acceptors (Lipinski definition) is 5. The quantitative estimate of drug-likeness (QED) is 0.811. The van der Waals surface area contributed by atoms with Crippen molar-refractivity contribution in [3.05, 3.63) is 46.8 Å². The van der Waals surface area contributed by atoms with E-state index in [0.29, 0.717) is 11.4 Å². The Hall–Kier alpha value is -1.83. The molecule has 0 unspecified atom stereocenters. The molecule has 1 aromatic carbocycles. The van der Waals surface area contributed by atoms with Crippen molar-refractivity contribution in [1.82, 2.24) is 9.97 Å². The molecule has 0 spiro atoms. The van der Waals surface area contributed by atoms with E-state index in [1.165, 1.54) is 13.2 Å². The number of halogens is 2. The molecule has 2 rings (SSSR count). The molecule has 0 aliphatic carbocycles.